The highest BCUT2D eigenvalue weighted by Gasteiger charge is 2.20. The molecule has 0 aliphatic heterocycles. The van der Waals surface area contributed by atoms with Crippen molar-refractivity contribution in [2.75, 3.05) is 24.4 Å². The van der Waals surface area contributed by atoms with Crippen LogP contribution in [0.3, 0.4) is 0 Å². The van der Waals surface area contributed by atoms with E-state index in [1.807, 2.05) is 52.0 Å². The fourth-order valence-electron chi connectivity index (χ4n) is 1.60. The summed E-state index contributed by atoms with van der Waals surface area (Å²) < 4.78 is 13.7. The van der Waals surface area contributed by atoms with Crippen molar-refractivity contribution >= 4 is 24.6 Å². The molecule has 0 spiro atoms. The van der Waals surface area contributed by atoms with Gasteiger partial charge in [-0.05, 0) is 52.0 Å². The van der Waals surface area contributed by atoms with E-state index in [2.05, 4.69) is 17.5 Å². The van der Waals surface area contributed by atoms with Gasteiger partial charge in [0.15, 0.2) is 0 Å². The Kier molecular flexibility index (Phi) is 6.68. The number of benzene rings is 1. The number of amides is 1. The summed E-state index contributed by atoms with van der Waals surface area (Å²) in [7, 11) is 0. The molecule has 0 aliphatic carbocycles. The molecule has 0 saturated carbocycles. The van der Waals surface area contributed by atoms with Crippen molar-refractivity contribution in [2.45, 2.75) is 33.3 Å². The number of carbonyl (C=O) groups is 1. The first kappa shape index (κ1) is 17.5. The lowest BCUT2D eigenvalue weighted by molar-refractivity contribution is 0.0237. The number of rotatable bonds is 6. The van der Waals surface area contributed by atoms with Crippen LogP contribution in [0.15, 0.2) is 24.3 Å². The van der Waals surface area contributed by atoms with Gasteiger partial charge in [-0.2, -0.15) is 0 Å². The second-order valence-electron chi connectivity index (χ2n) is 5.54. The largest absolute Gasteiger partial charge is 0.492 e. The summed E-state index contributed by atoms with van der Waals surface area (Å²) in [4.78, 5) is 13.6. The first-order valence-electron chi connectivity index (χ1n) is 6.96. The molecule has 0 atom stereocenters. The SMILES string of the molecule is CCN(CCOc1ccc(NS)cc1)C(=O)OC(C)(C)C. The van der Waals surface area contributed by atoms with Gasteiger partial charge in [0.2, 0.25) is 0 Å². The van der Waals surface area contributed by atoms with Crippen LogP contribution in [-0.2, 0) is 4.74 Å². The van der Waals surface area contributed by atoms with E-state index in [0.29, 0.717) is 19.7 Å². The number of hydrogen-bond donors (Lipinski definition) is 2. The van der Waals surface area contributed by atoms with Gasteiger partial charge in [0.1, 0.15) is 18.0 Å². The Labute approximate surface area is 132 Å². The number of ether oxygens (including phenoxy) is 2. The molecule has 0 saturated heterocycles. The minimum absolute atomic E-state index is 0.316. The molecule has 1 N–H and O–H groups in total. The maximum absolute atomic E-state index is 11.9. The van der Waals surface area contributed by atoms with E-state index in [1.54, 1.807) is 4.90 Å². The van der Waals surface area contributed by atoms with Crippen molar-refractivity contribution in [3.63, 3.8) is 0 Å². The van der Waals surface area contributed by atoms with Crippen LogP contribution < -0.4 is 9.46 Å². The molecule has 0 heterocycles. The van der Waals surface area contributed by atoms with Crippen molar-refractivity contribution in [3.8, 4) is 5.75 Å². The fraction of sp³-hybridized carbons (Fsp3) is 0.533. The third-order valence-electron chi connectivity index (χ3n) is 2.65. The van der Waals surface area contributed by atoms with Crippen LogP contribution in [0, 0.1) is 0 Å². The third-order valence-corrected chi connectivity index (χ3v) is 2.90. The minimum atomic E-state index is -0.485. The molecule has 1 amide bonds. The van der Waals surface area contributed by atoms with Gasteiger partial charge in [0.25, 0.3) is 0 Å². The Balaban J connectivity index is 2.42. The lowest BCUT2D eigenvalue weighted by atomic mass is 10.2. The maximum Gasteiger partial charge on any atom is 0.410 e. The van der Waals surface area contributed by atoms with E-state index in [4.69, 9.17) is 9.47 Å². The molecular weight excluding hydrogens is 288 g/mol. The monoisotopic (exact) mass is 312 g/mol. The van der Waals surface area contributed by atoms with E-state index < -0.39 is 5.60 Å². The predicted octanol–water partition coefficient (Wildman–Crippen LogP) is 3.58. The van der Waals surface area contributed by atoms with E-state index in [9.17, 15) is 4.79 Å². The number of carbonyl (C=O) groups excluding carboxylic acids is 1. The lowest BCUT2D eigenvalue weighted by Gasteiger charge is -2.26. The van der Waals surface area contributed by atoms with Crippen molar-refractivity contribution in [1.29, 1.82) is 0 Å². The average Bonchev–Trinajstić information content (AvgIpc) is 2.42. The van der Waals surface area contributed by atoms with Crippen molar-refractivity contribution < 1.29 is 14.3 Å². The van der Waals surface area contributed by atoms with Crippen LogP contribution in [0.2, 0.25) is 0 Å². The second-order valence-corrected chi connectivity index (χ2v) is 5.77. The number of thiol groups is 1. The molecule has 5 nitrogen and oxygen atoms in total. The zero-order valence-electron chi connectivity index (χ0n) is 13.0. The summed E-state index contributed by atoms with van der Waals surface area (Å²) in [5, 5.41) is 0. The van der Waals surface area contributed by atoms with Gasteiger partial charge in [0.05, 0.1) is 6.54 Å². The number of hydrogen-bond acceptors (Lipinski definition) is 5. The summed E-state index contributed by atoms with van der Waals surface area (Å²) in [5.41, 5.74) is 0.413. The van der Waals surface area contributed by atoms with Gasteiger partial charge >= 0.3 is 6.09 Å². The molecular formula is C15H24N2O3S. The highest BCUT2D eigenvalue weighted by atomic mass is 32.1. The standard InChI is InChI=1S/C15H24N2O3S/c1-5-17(14(18)20-15(2,3)4)10-11-19-13-8-6-12(16-21)7-9-13/h6-9,16,21H,5,10-11H2,1-4H3. The highest BCUT2D eigenvalue weighted by Crippen LogP contribution is 2.16. The number of nitrogens with zero attached hydrogens (tertiary/aromatic N) is 1. The molecule has 1 aromatic carbocycles. The van der Waals surface area contributed by atoms with Gasteiger partial charge in [-0.1, -0.05) is 12.8 Å². The Morgan fingerprint density at radius 1 is 1.29 bits per heavy atom. The van der Waals surface area contributed by atoms with Gasteiger partial charge in [-0.3, -0.25) is 0 Å². The van der Waals surface area contributed by atoms with E-state index in [1.165, 1.54) is 0 Å². The lowest BCUT2D eigenvalue weighted by Crippen LogP contribution is -2.38. The number of nitrogens with one attached hydrogen (secondary N) is 1. The van der Waals surface area contributed by atoms with Crippen molar-refractivity contribution in [3.05, 3.63) is 24.3 Å². The fourth-order valence-corrected chi connectivity index (χ4v) is 1.75. The maximum atomic E-state index is 11.9. The van der Waals surface area contributed by atoms with Gasteiger partial charge < -0.3 is 19.1 Å². The molecule has 6 heteroatoms. The molecule has 0 unspecified atom stereocenters. The van der Waals surface area contributed by atoms with Gasteiger partial charge in [-0.15, -0.1) is 0 Å². The van der Waals surface area contributed by atoms with E-state index in [-0.39, 0.29) is 6.09 Å². The number of likely N-dealkylation sites (N-methyl/N-ethyl adjacent to an activating group) is 1. The molecule has 0 radical (unpaired) electrons. The minimum Gasteiger partial charge on any atom is -0.492 e. The van der Waals surface area contributed by atoms with Gasteiger partial charge in [0, 0.05) is 12.2 Å². The Morgan fingerprint density at radius 3 is 2.38 bits per heavy atom. The first-order valence-corrected chi connectivity index (χ1v) is 7.41. The Hall–Kier alpha value is -1.56. The van der Waals surface area contributed by atoms with Crippen LogP contribution in [-0.4, -0.2) is 36.3 Å². The molecule has 118 valence electrons. The van der Waals surface area contributed by atoms with Crippen molar-refractivity contribution in [2.24, 2.45) is 0 Å². The third kappa shape index (κ3) is 6.62. The molecule has 0 aliphatic rings. The predicted molar refractivity (Wildman–Crippen MR) is 88.0 cm³/mol. The number of anilines is 1. The smallest absolute Gasteiger partial charge is 0.410 e. The summed E-state index contributed by atoms with van der Waals surface area (Å²) in [5.74, 6) is 0.752. The van der Waals surface area contributed by atoms with Crippen LogP contribution >= 0.6 is 12.8 Å². The molecule has 1 aromatic rings. The van der Waals surface area contributed by atoms with Crippen molar-refractivity contribution in [1.82, 2.24) is 4.90 Å². The van der Waals surface area contributed by atoms with Crippen LogP contribution in [0.5, 0.6) is 5.75 Å². The first-order chi connectivity index (χ1) is 9.85. The summed E-state index contributed by atoms with van der Waals surface area (Å²) in [6, 6.07) is 7.44. The summed E-state index contributed by atoms with van der Waals surface area (Å²) in [6.07, 6.45) is -0.316. The van der Waals surface area contributed by atoms with E-state index >= 15 is 0 Å². The summed E-state index contributed by atoms with van der Waals surface area (Å²) in [6.45, 7) is 8.96. The highest BCUT2D eigenvalue weighted by molar-refractivity contribution is 7.81. The molecule has 0 aromatic heterocycles. The molecule has 0 fully saturated rings. The quantitative estimate of drug-likeness (QED) is 0.788. The second kappa shape index (κ2) is 8.02. The molecule has 0 bridgehead atoms. The van der Waals surface area contributed by atoms with Crippen LogP contribution in [0.1, 0.15) is 27.7 Å². The van der Waals surface area contributed by atoms with E-state index in [0.717, 1.165) is 11.4 Å². The van der Waals surface area contributed by atoms with Crippen LogP contribution in [0.25, 0.3) is 0 Å². The molecule has 21 heavy (non-hydrogen) atoms. The molecule has 1 rings (SSSR count). The Morgan fingerprint density at radius 2 is 1.90 bits per heavy atom. The Bertz CT molecular complexity index is 443. The average molecular weight is 312 g/mol. The van der Waals surface area contributed by atoms with Gasteiger partial charge in [-0.25, -0.2) is 4.79 Å². The zero-order chi connectivity index (χ0) is 15.9. The normalized spacial score (nSPS) is 10.9. The summed E-state index contributed by atoms with van der Waals surface area (Å²) >= 11 is 3.96. The zero-order valence-corrected chi connectivity index (χ0v) is 13.9. The topological polar surface area (TPSA) is 50.8 Å². The van der Waals surface area contributed by atoms with Crippen LogP contribution in [0.4, 0.5) is 10.5 Å².